The molecule has 0 saturated carbocycles. The van der Waals surface area contributed by atoms with Crippen LogP contribution in [0.1, 0.15) is 77.8 Å². The van der Waals surface area contributed by atoms with Gasteiger partial charge in [0.1, 0.15) is 0 Å². The fourth-order valence-corrected chi connectivity index (χ4v) is 6.93. The van der Waals surface area contributed by atoms with Gasteiger partial charge in [0.2, 0.25) is 5.91 Å². The largest absolute Gasteiger partial charge is 0.364 e. The number of benzene rings is 2. The molecule has 0 aliphatic carbocycles. The topological polar surface area (TPSA) is 116 Å². The maximum Gasteiger partial charge on any atom is 0.294 e. The molecule has 2 aromatic carbocycles. The van der Waals surface area contributed by atoms with Crippen LogP contribution < -0.4 is 21.1 Å². The van der Waals surface area contributed by atoms with E-state index in [2.05, 4.69) is 92.3 Å². The Morgan fingerprint density at radius 1 is 1.02 bits per heavy atom. The van der Waals surface area contributed by atoms with Gasteiger partial charge < -0.3 is 9.80 Å². The first-order chi connectivity index (χ1) is 19.3. The summed E-state index contributed by atoms with van der Waals surface area (Å²) in [6.07, 6.45) is 10.5. The van der Waals surface area contributed by atoms with E-state index >= 15 is 0 Å². The SMILES string of the molecule is CCCN1C(=CC=CC2N(CCCCCC(=O)NN)c3ccc(S(=O)(=O)O)cc3C2(C)C)C(C)(C)c2ccccc21. The van der Waals surface area contributed by atoms with E-state index in [-0.39, 0.29) is 22.3 Å². The fraction of sp³-hybridized carbons (Fsp3) is 0.469. The second-order valence-electron chi connectivity index (χ2n) is 12.1. The van der Waals surface area contributed by atoms with Crippen LogP contribution in [0.25, 0.3) is 0 Å². The number of hydrazine groups is 1. The second kappa shape index (κ2) is 12.0. The van der Waals surface area contributed by atoms with Crippen molar-refractivity contribution >= 4 is 27.4 Å². The minimum Gasteiger partial charge on any atom is -0.364 e. The fourth-order valence-electron chi connectivity index (χ4n) is 6.42. The molecular formula is C32H44N4O4S. The van der Waals surface area contributed by atoms with Gasteiger partial charge in [-0.05, 0) is 60.7 Å². The summed E-state index contributed by atoms with van der Waals surface area (Å²) in [6.45, 7) is 12.7. The van der Waals surface area contributed by atoms with Gasteiger partial charge in [-0.1, -0.05) is 71.4 Å². The van der Waals surface area contributed by atoms with Crippen molar-refractivity contribution in [3.8, 4) is 0 Å². The minimum atomic E-state index is -4.32. The van der Waals surface area contributed by atoms with Gasteiger partial charge >= 0.3 is 0 Å². The van der Waals surface area contributed by atoms with Crippen molar-refractivity contribution in [3.05, 3.63) is 77.5 Å². The van der Waals surface area contributed by atoms with Gasteiger partial charge in [-0.2, -0.15) is 8.42 Å². The molecule has 9 heteroatoms. The average Bonchev–Trinajstić information content (AvgIpc) is 3.27. The molecule has 41 heavy (non-hydrogen) atoms. The number of anilines is 2. The molecule has 1 amide bonds. The number of nitrogens with zero attached hydrogens (tertiary/aromatic N) is 2. The van der Waals surface area contributed by atoms with Gasteiger partial charge in [0.25, 0.3) is 10.1 Å². The number of unbranched alkanes of at least 4 members (excludes halogenated alkanes) is 2. The average molecular weight is 581 g/mol. The van der Waals surface area contributed by atoms with Gasteiger partial charge in [0.05, 0.1) is 10.9 Å². The highest BCUT2D eigenvalue weighted by Gasteiger charge is 2.44. The summed E-state index contributed by atoms with van der Waals surface area (Å²) in [5.74, 6) is 5.04. The summed E-state index contributed by atoms with van der Waals surface area (Å²) < 4.78 is 33.7. The van der Waals surface area contributed by atoms with Gasteiger partial charge in [-0.3, -0.25) is 14.8 Å². The van der Waals surface area contributed by atoms with Crippen LogP contribution in [0.2, 0.25) is 0 Å². The van der Waals surface area contributed by atoms with E-state index in [9.17, 15) is 17.8 Å². The Bertz CT molecular complexity index is 1450. The molecule has 0 aromatic heterocycles. The van der Waals surface area contributed by atoms with E-state index in [0.29, 0.717) is 6.42 Å². The van der Waals surface area contributed by atoms with Crippen molar-refractivity contribution in [1.29, 1.82) is 0 Å². The van der Waals surface area contributed by atoms with Crippen molar-refractivity contribution in [3.63, 3.8) is 0 Å². The molecule has 2 heterocycles. The van der Waals surface area contributed by atoms with E-state index in [0.717, 1.165) is 50.0 Å². The second-order valence-corrected chi connectivity index (χ2v) is 13.5. The van der Waals surface area contributed by atoms with Crippen molar-refractivity contribution in [1.82, 2.24) is 5.43 Å². The third-order valence-electron chi connectivity index (χ3n) is 8.60. The van der Waals surface area contributed by atoms with Gasteiger partial charge in [-0.25, -0.2) is 5.84 Å². The van der Waals surface area contributed by atoms with Crippen LogP contribution in [0, 0.1) is 0 Å². The van der Waals surface area contributed by atoms with Gasteiger partial charge in [0, 0.05) is 47.4 Å². The summed E-state index contributed by atoms with van der Waals surface area (Å²) in [7, 11) is -4.32. The first-order valence-electron chi connectivity index (χ1n) is 14.5. The van der Waals surface area contributed by atoms with Crippen LogP contribution in [0.5, 0.6) is 0 Å². The molecule has 0 spiro atoms. The molecule has 2 aliphatic rings. The zero-order chi connectivity index (χ0) is 30.0. The number of para-hydroxylation sites is 1. The zero-order valence-corrected chi connectivity index (χ0v) is 25.7. The number of amides is 1. The number of carbonyl (C=O) groups excluding carboxylic acids is 1. The molecule has 8 nitrogen and oxygen atoms in total. The van der Waals surface area contributed by atoms with Crippen molar-refractivity contribution in [2.24, 2.45) is 5.84 Å². The quantitative estimate of drug-likeness (QED) is 0.104. The Kier molecular flexibility index (Phi) is 9.01. The lowest BCUT2D eigenvalue weighted by Gasteiger charge is -2.32. The summed E-state index contributed by atoms with van der Waals surface area (Å²) in [5.41, 5.74) is 7.31. The lowest BCUT2D eigenvalue weighted by molar-refractivity contribution is -0.121. The maximum absolute atomic E-state index is 12.0. The predicted molar refractivity (Wildman–Crippen MR) is 166 cm³/mol. The van der Waals surface area contributed by atoms with Gasteiger partial charge in [0.15, 0.2) is 0 Å². The normalized spacial score (nSPS) is 20.1. The van der Waals surface area contributed by atoms with Crippen molar-refractivity contribution < 1.29 is 17.8 Å². The molecule has 4 rings (SSSR count). The zero-order valence-electron chi connectivity index (χ0n) is 24.9. The summed E-state index contributed by atoms with van der Waals surface area (Å²) in [4.78, 5) is 16.2. The Balaban J connectivity index is 1.66. The lowest BCUT2D eigenvalue weighted by atomic mass is 9.80. The molecule has 2 aliphatic heterocycles. The first kappa shape index (κ1) is 30.8. The van der Waals surface area contributed by atoms with E-state index < -0.39 is 15.5 Å². The molecule has 222 valence electrons. The first-order valence-corrected chi connectivity index (χ1v) is 15.9. The van der Waals surface area contributed by atoms with E-state index in [1.54, 1.807) is 12.1 Å². The molecule has 1 unspecified atom stereocenters. The highest BCUT2D eigenvalue weighted by molar-refractivity contribution is 7.85. The highest BCUT2D eigenvalue weighted by Crippen LogP contribution is 2.49. The van der Waals surface area contributed by atoms with Crippen LogP contribution >= 0.6 is 0 Å². The van der Waals surface area contributed by atoms with E-state index in [1.165, 1.54) is 23.0 Å². The Hall–Kier alpha value is -3.14. The van der Waals surface area contributed by atoms with Crippen LogP contribution in [0.4, 0.5) is 11.4 Å². The third kappa shape index (κ3) is 6.08. The minimum absolute atomic E-state index is 0.0372. The standard InChI is InChI=1S/C32H44N4O4S/c1-6-20-35-26-14-10-9-13-24(26)31(2,3)28(35)15-12-16-29-32(4,5)25-22-23(41(38,39)40)18-19-27(25)36(29)21-11-7-8-17-30(37)34-33/h9-10,12-16,18-19,22,29H,6-8,11,17,20-21,33H2,1-5H3,(H,34,37)(H,38,39,40). The Morgan fingerprint density at radius 3 is 2.44 bits per heavy atom. The van der Waals surface area contributed by atoms with Crippen LogP contribution in [-0.4, -0.2) is 38.0 Å². The molecule has 2 aromatic rings. The predicted octanol–water partition coefficient (Wildman–Crippen LogP) is 5.60. The van der Waals surface area contributed by atoms with Crippen molar-refractivity contribution in [2.75, 3.05) is 22.9 Å². The highest BCUT2D eigenvalue weighted by atomic mass is 32.2. The molecule has 0 fully saturated rings. The van der Waals surface area contributed by atoms with Gasteiger partial charge in [-0.15, -0.1) is 0 Å². The number of hydrogen-bond acceptors (Lipinski definition) is 6. The number of carbonyl (C=O) groups is 1. The maximum atomic E-state index is 12.0. The lowest BCUT2D eigenvalue weighted by Crippen LogP contribution is -2.40. The molecule has 0 radical (unpaired) electrons. The third-order valence-corrected chi connectivity index (χ3v) is 9.45. The summed E-state index contributed by atoms with van der Waals surface area (Å²) in [5, 5.41) is 0. The Morgan fingerprint density at radius 2 is 1.76 bits per heavy atom. The van der Waals surface area contributed by atoms with Crippen molar-refractivity contribution in [2.45, 2.75) is 88.5 Å². The van der Waals surface area contributed by atoms with Crippen LogP contribution in [0.3, 0.4) is 0 Å². The molecular weight excluding hydrogens is 536 g/mol. The van der Waals surface area contributed by atoms with Crippen LogP contribution in [-0.2, 0) is 25.7 Å². The number of nitrogens with one attached hydrogen (secondary N) is 1. The molecule has 1 atom stereocenters. The smallest absolute Gasteiger partial charge is 0.294 e. The molecule has 4 N–H and O–H groups in total. The van der Waals surface area contributed by atoms with Crippen LogP contribution in [0.15, 0.2) is 71.3 Å². The molecule has 0 saturated heterocycles. The number of nitrogens with two attached hydrogens (primary N) is 1. The summed E-state index contributed by atoms with van der Waals surface area (Å²) >= 11 is 0. The monoisotopic (exact) mass is 580 g/mol. The number of allylic oxidation sites excluding steroid dienone is 3. The Labute approximate surface area is 245 Å². The number of hydrogen-bond donors (Lipinski definition) is 3. The van der Waals surface area contributed by atoms with E-state index in [4.69, 9.17) is 5.84 Å². The van der Waals surface area contributed by atoms with E-state index in [1.807, 2.05) is 0 Å². The molecule has 0 bridgehead atoms. The summed E-state index contributed by atoms with van der Waals surface area (Å²) in [6, 6.07) is 13.4. The number of rotatable bonds is 11. The number of fused-ring (bicyclic) bond motifs is 2.